The molecule has 112 valence electrons. The number of aliphatic hydroxyl groups excluding tert-OH is 1. The van der Waals surface area contributed by atoms with Crippen LogP contribution in [0.2, 0.25) is 5.28 Å². The van der Waals surface area contributed by atoms with Gasteiger partial charge in [0.2, 0.25) is 11.2 Å². The van der Waals surface area contributed by atoms with Crippen molar-refractivity contribution in [2.24, 2.45) is 0 Å². The number of hydrogen-bond donors (Lipinski definition) is 2. The van der Waals surface area contributed by atoms with E-state index < -0.39 is 12.0 Å². The van der Waals surface area contributed by atoms with Gasteiger partial charge < -0.3 is 15.2 Å². The Labute approximate surface area is 126 Å². The van der Waals surface area contributed by atoms with E-state index in [1.807, 2.05) is 0 Å². The van der Waals surface area contributed by atoms with Gasteiger partial charge in [-0.25, -0.2) is 4.39 Å². The summed E-state index contributed by atoms with van der Waals surface area (Å²) in [7, 11) is 1.47. The molecule has 0 bridgehead atoms. The van der Waals surface area contributed by atoms with Crippen molar-refractivity contribution in [3.8, 4) is 17.1 Å². The summed E-state index contributed by atoms with van der Waals surface area (Å²) in [6.07, 6.45) is -0.377. The molecule has 0 aliphatic rings. The molecule has 6 nitrogen and oxygen atoms in total. The molecule has 1 unspecified atom stereocenters. The normalized spacial score (nSPS) is 12.0. The van der Waals surface area contributed by atoms with Gasteiger partial charge in [-0.05, 0) is 36.2 Å². The van der Waals surface area contributed by atoms with Crippen LogP contribution < -0.4 is 10.1 Å². The Morgan fingerprint density at radius 2 is 2.14 bits per heavy atom. The van der Waals surface area contributed by atoms with E-state index >= 15 is 0 Å². The van der Waals surface area contributed by atoms with Crippen LogP contribution in [0.15, 0.2) is 18.2 Å². The minimum Gasteiger partial charge on any atom is -0.497 e. The van der Waals surface area contributed by atoms with Crippen LogP contribution >= 0.6 is 11.6 Å². The summed E-state index contributed by atoms with van der Waals surface area (Å²) in [4.78, 5) is 11.8. The molecule has 0 saturated carbocycles. The van der Waals surface area contributed by atoms with Gasteiger partial charge in [-0.1, -0.05) is 6.92 Å². The Hall–Kier alpha value is -1.99. The lowest BCUT2D eigenvalue weighted by Crippen LogP contribution is -2.19. The maximum Gasteiger partial charge on any atom is 0.229 e. The molecule has 8 heteroatoms. The summed E-state index contributed by atoms with van der Waals surface area (Å²) >= 11 is 5.81. The van der Waals surface area contributed by atoms with Crippen molar-refractivity contribution < 1.29 is 14.2 Å². The first kappa shape index (κ1) is 15.4. The zero-order chi connectivity index (χ0) is 15.4. The van der Waals surface area contributed by atoms with E-state index in [-0.39, 0.29) is 22.6 Å². The van der Waals surface area contributed by atoms with Crippen molar-refractivity contribution >= 4 is 17.5 Å². The molecule has 0 saturated heterocycles. The molecule has 0 amide bonds. The van der Waals surface area contributed by atoms with Gasteiger partial charge in [-0.2, -0.15) is 15.0 Å². The first-order valence-electron chi connectivity index (χ1n) is 6.23. The first-order chi connectivity index (χ1) is 10.0. The molecular weight excluding hydrogens is 299 g/mol. The standard InChI is InChI=1S/C13H14ClFN4O2/c1-3-10(20)16-13-18-11(17-12(14)19-13)8-6-7(21-2)4-5-9(8)15/h4-6,10,20H,3H2,1-2H3,(H,16,17,18,19). The van der Waals surface area contributed by atoms with Crippen LogP contribution in [0.25, 0.3) is 11.4 Å². The lowest BCUT2D eigenvalue weighted by atomic mass is 10.2. The van der Waals surface area contributed by atoms with Gasteiger partial charge >= 0.3 is 0 Å². The smallest absolute Gasteiger partial charge is 0.229 e. The van der Waals surface area contributed by atoms with Gasteiger partial charge in [0.1, 0.15) is 17.8 Å². The highest BCUT2D eigenvalue weighted by Gasteiger charge is 2.14. The average molecular weight is 313 g/mol. The number of ether oxygens (including phenoxy) is 1. The van der Waals surface area contributed by atoms with Crippen molar-refractivity contribution in [3.63, 3.8) is 0 Å². The van der Waals surface area contributed by atoms with Gasteiger partial charge in [-0.15, -0.1) is 0 Å². The quantitative estimate of drug-likeness (QED) is 0.826. The summed E-state index contributed by atoms with van der Waals surface area (Å²) in [5.41, 5.74) is 0.132. The van der Waals surface area contributed by atoms with E-state index in [0.29, 0.717) is 12.2 Å². The van der Waals surface area contributed by atoms with Gasteiger partial charge in [0.25, 0.3) is 0 Å². The average Bonchev–Trinajstić information content (AvgIpc) is 2.47. The maximum atomic E-state index is 13.9. The fourth-order valence-electron chi connectivity index (χ4n) is 1.59. The third-order valence-corrected chi connectivity index (χ3v) is 2.87. The van der Waals surface area contributed by atoms with E-state index in [1.54, 1.807) is 6.92 Å². The minimum absolute atomic E-state index is 0.0530. The molecule has 1 heterocycles. The van der Waals surface area contributed by atoms with E-state index in [4.69, 9.17) is 16.3 Å². The summed E-state index contributed by atoms with van der Waals surface area (Å²) in [6, 6.07) is 4.20. The zero-order valence-electron chi connectivity index (χ0n) is 11.5. The Kier molecular flexibility index (Phi) is 4.87. The van der Waals surface area contributed by atoms with Gasteiger partial charge in [0.05, 0.1) is 12.7 Å². The highest BCUT2D eigenvalue weighted by atomic mass is 35.5. The second-order valence-electron chi connectivity index (χ2n) is 4.17. The lowest BCUT2D eigenvalue weighted by molar-refractivity contribution is 0.198. The van der Waals surface area contributed by atoms with Gasteiger partial charge in [0.15, 0.2) is 5.82 Å². The number of rotatable bonds is 5. The van der Waals surface area contributed by atoms with Crippen molar-refractivity contribution in [2.45, 2.75) is 19.6 Å². The van der Waals surface area contributed by atoms with Crippen LogP contribution in [0.4, 0.5) is 10.3 Å². The van der Waals surface area contributed by atoms with Crippen LogP contribution in [0.5, 0.6) is 5.75 Å². The van der Waals surface area contributed by atoms with Crippen LogP contribution in [0, 0.1) is 5.82 Å². The molecule has 0 radical (unpaired) electrons. The van der Waals surface area contributed by atoms with Crippen molar-refractivity contribution in [1.82, 2.24) is 15.0 Å². The molecule has 2 N–H and O–H groups in total. The highest BCUT2D eigenvalue weighted by Crippen LogP contribution is 2.25. The van der Waals surface area contributed by atoms with E-state index in [1.165, 1.54) is 25.3 Å². The van der Waals surface area contributed by atoms with E-state index in [9.17, 15) is 9.50 Å². The molecule has 2 aromatic rings. The molecule has 1 aromatic heterocycles. The van der Waals surface area contributed by atoms with Crippen LogP contribution in [0.1, 0.15) is 13.3 Å². The third kappa shape index (κ3) is 3.77. The van der Waals surface area contributed by atoms with Crippen LogP contribution in [-0.2, 0) is 0 Å². The number of anilines is 1. The summed E-state index contributed by atoms with van der Waals surface area (Å²) < 4.78 is 19.0. The number of methoxy groups -OCH3 is 1. The first-order valence-corrected chi connectivity index (χ1v) is 6.61. The summed E-state index contributed by atoms with van der Waals surface area (Å²) in [5, 5.41) is 12.1. The molecule has 21 heavy (non-hydrogen) atoms. The molecule has 2 rings (SSSR count). The predicted octanol–water partition coefficient (Wildman–Crippen LogP) is 2.48. The largest absolute Gasteiger partial charge is 0.497 e. The monoisotopic (exact) mass is 312 g/mol. The molecule has 0 fully saturated rings. The van der Waals surface area contributed by atoms with Crippen LogP contribution in [0.3, 0.4) is 0 Å². The van der Waals surface area contributed by atoms with Crippen molar-refractivity contribution in [3.05, 3.63) is 29.3 Å². The number of nitrogens with one attached hydrogen (secondary N) is 1. The zero-order valence-corrected chi connectivity index (χ0v) is 12.2. The fraction of sp³-hybridized carbons (Fsp3) is 0.308. The minimum atomic E-state index is -0.827. The number of aromatic nitrogens is 3. The molecule has 0 spiro atoms. The molecule has 1 aromatic carbocycles. The third-order valence-electron chi connectivity index (χ3n) is 2.70. The Morgan fingerprint density at radius 3 is 2.81 bits per heavy atom. The lowest BCUT2D eigenvalue weighted by Gasteiger charge is -2.11. The Bertz CT molecular complexity index is 642. The van der Waals surface area contributed by atoms with Gasteiger partial charge in [-0.3, -0.25) is 0 Å². The SMILES string of the molecule is CCC(O)Nc1nc(Cl)nc(-c2cc(OC)ccc2F)n1. The molecule has 1 atom stereocenters. The Morgan fingerprint density at radius 1 is 1.38 bits per heavy atom. The highest BCUT2D eigenvalue weighted by molar-refractivity contribution is 6.28. The molecular formula is C13H14ClFN4O2. The van der Waals surface area contributed by atoms with Gasteiger partial charge in [0, 0.05) is 0 Å². The number of aliphatic hydroxyl groups is 1. The second-order valence-corrected chi connectivity index (χ2v) is 4.50. The number of halogens is 2. The van der Waals surface area contributed by atoms with Crippen molar-refractivity contribution in [2.75, 3.05) is 12.4 Å². The fourth-order valence-corrected chi connectivity index (χ4v) is 1.75. The summed E-state index contributed by atoms with van der Waals surface area (Å²) in [5.74, 6) is 0.0740. The topological polar surface area (TPSA) is 80.2 Å². The van der Waals surface area contributed by atoms with E-state index in [2.05, 4.69) is 20.3 Å². The molecule has 0 aliphatic heterocycles. The number of hydrogen-bond acceptors (Lipinski definition) is 6. The number of nitrogens with zero attached hydrogens (tertiary/aromatic N) is 3. The maximum absolute atomic E-state index is 13.9. The second kappa shape index (κ2) is 6.64. The Balaban J connectivity index is 2.44. The predicted molar refractivity (Wildman–Crippen MR) is 76.7 cm³/mol. The number of benzene rings is 1. The van der Waals surface area contributed by atoms with Crippen molar-refractivity contribution in [1.29, 1.82) is 0 Å². The van der Waals surface area contributed by atoms with E-state index in [0.717, 1.165) is 0 Å². The van der Waals surface area contributed by atoms with Crippen LogP contribution in [-0.4, -0.2) is 33.4 Å². The summed E-state index contributed by atoms with van der Waals surface area (Å²) in [6.45, 7) is 1.78. The molecule has 0 aliphatic carbocycles.